The Morgan fingerprint density at radius 1 is 1.31 bits per heavy atom. The van der Waals surface area contributed by atoms with Crippen molar-refractivity contribution in [3.05, 3.63) is 0 Å². The molecule has 0 amide bonds. The van der Waals surface area contributed by atoms with Crippen molar-refractivity contribution < 1.29 is 0 Å². The predicted octanol–water partition coefficient (Wildman–Crippen LogP) is 1.59. The van der Waals surface area contributed by atoms with E-state index in [1.807, 2.05) is 7.05 Å². The highest BCUT2D eigenvalue weighted by molar-refractivity contribution is 5.78. The van der Waals surface area contributed by atoms with Gasteiger partial charge in [0.25, 0.3) is 0 Å². The molecule has 0 aliphatic heterocycles. The molecule has 1 aliphatic carbocycles. The fraction of sp³-hybridized carbons (Fsp3) is 0.900. The van der Waals surface area contributed by atoms with E-state index in [2.05, 4.69) is 16.8 Å². The molecule has 0 saturated heterocycles. The second-order valence-corrected chi connectivity index (χ2v) is 4.20. The smallest absolute Gasteiger partial charge is 0.191 e. The van der Waals surface area contributed by atoms with Crippen molar-refractivity contribution in [3.8, 4) is 0 Å². The summed E-state index contributed by atoms with van der Waals surface area (Å²) in [6.45, 7) is 2.28. The normalized spacial score (nSPS) is 22.8. The summed E-state index contributed by atoms with van der Waals surface area (Å²) in [4.78, 5) is 6.16. The van der Waals surface area contributed by atoms with Gasteiger partial charge in [-0.25, -0.2) is 0 Å². The van der Waals surface area contributed by atoms with Crippen LogP contribution in [0.25, 0.3) is 0 Å². The molecule has 0 bridgehead atoms. The molecule has 1 aliphatic rings. The third-order valence-electron chi connectivity index (χ3n) is 3.31. The van der Waals surface area contributed by atoms with Gasteiger partial charge in [-0.1, -0.05) is 19.3 Å². The Bertz CT molecular complexity index is 192. The van der Waals surface area contributed by atoms with E-state index in [9.17, 15) is 0 Å². The molecule has 0 atom stereocenters. The SMILES string of the molecule is CN=C(N)N(C)C1(C)CCCCC1. The van der Waals surface area contributed by atoms with Crippen LogP contribution in [0, 0.1) is 0 Å². The minimum Gasteiger partial charge on any atom is -0.370 e. The molecule has 0 aromatic carbocycles. The fourth-order valence-electron chi connectivity index (χ4n) is 2.08. The number of guanidine groups is 1. The van der Waals surface area contributed by atoms with E-state index >= 15 is 0 Å². The standard InChI is InChI=1S/C10H21N3/c1-10(7-5-4-6-8-10)13(3)9(11)12-2/h4-8H2,1-3H3,(H2,11,12). The molecule has 2 N–H and O–H groups in total. The number of aliphatic imine (C=N–C) groups is 1. The first-order valence-corrected chi connectivity index (χ1v) is 5.06. The lowest BCUT2D eigenvalue weighted by molar-refractivity contribution is 0.160. The Kier molecular flexibility index (Phi) is 3.17. The van der Waals surface area contributed by atoms with Crippen LogP contribution in [0.4, 0.5) is 0 Å². The van der Waals surface area contributed by atoms with Crippen LogP contribution in [0.3, 0.4) is 0 Å². The Morgan fingerprint density at radius 2 is 1.85 bits per heavy atom. The van der Waals surface area contributed by atoms with Gasteiger partial charge in [-0.05, 0) is 19.8 Å². The number of rotatable bonds is 1. The number of nitrogens with zero attached hydrogens (tertiary/aromatic N) is 2. The molecule has 13 heavy (non-hydrogen) atoms. The largest absolute Gasteiger partial charge is 0.370 e. The van der Waals surface area contributed by atoms with Gasteiger partial charge in [-0.3, -0.25) is 4.99 Å². The Balaban J connectivity index is 2.66. The summed E-state index contributed by atoms with van der Waals surface area (Å²) >= 11 is 0. The van der Waals surface area contributed by atoms with Gasteiger partial charge < -0.3 is 10.6 Å². The van der Waals surface area contributed by atoms with E-state index in [0.29, 0.717) is 5.96 Å². The third kappa shape index (κ3) is 2.14. The quantitative estimate of drug-likeness (QED) is 0.495. The van der Waals surface area contributed by atoms with Crippen molar-refractivity contribution in [2.24, 2.45) is 10.7 Å². The van der Waals surface area contributed by atoms with E-state index in [1.165, 1.54) is 32.1 Å². The van der Waals surface area contributed by atoms with Crippen LogP contribution < -0.4 is 5.73 Å². The van der Waals surface area contributed by atoms with Gasteiger partial charge >= 0.3 is 0 Å². The molecule has 1 saturated carbocycles. The molecule has 0 heterocycles. The molecule has 0 aromatic rings. The average molecular weight is 183 g/mol. The van der Waals surface area contributed by atoms with Crippen molar-refractivity contribution in [1.82, 2.24) is 4.90 Å². The van der Waals surface area contributed by atoms with Gasteiger partial charge in [-0.2, -0.15) is 0 Å². The average Bonchev–Trinajstić information content (AvgIpc) is 2.16. The van der Waals surface area contributed by atoms with E-state index in [1.54, 1.807) is 7.05 Å². The number of nitrogens with two attached hydrogens (primary N) is 1. The highest BCUT2D eigenvalue weighted by atomic mass is 15.3. The van der Waals surface area contributed by atoms with Crippen LogP contribution in [-0.2, 0) is 0 Å². The van der Waals surface area contributed by atoms with Crippen LogP contribution in [0.1, 0.15) is 39.0 Å². The first kappa shape index (κ1) is 10.4. The van der Waals surface area contributed by atoms with Crippen LogP contribution >= 0.6 is 0 Å². The lowest BCUT2D eigenvalue weighted by Crippen LogP contribution is -2.51. The zero-order chi connectivity index (χ0) is 9.90. The first-order chi connectivity index (χ1) is 6.10. The molecule has 1 rings (SSSR count). The molecule has 3 nitrogen and oxygen atoms in total. The van der Waals surface area contributed by atoms with Crippen LogP contribution in [0.5, 0.6) is 0 Å². The molecular formula is C10H21N3. The molecule has 76 valence electrons. The summed E-state index contributed by atoms with van der Waals surface area (Å²) in [6, 6.07) is 0. The van der Waals surface area contributed by atoms with Crippen molar-refractivity contribution in [1.29, 1.82) is 0 Å². The summed E-state index contributed by atoms with van der Waals surface area (Å²) < 4.78 is 0. The van der Waals surface area contributed by atoms with Crippen LogP contribution in [0.2, 0.25) is 0 Å². The third-order valence-corrected chi connectivity index (χ3v) is 3.31. The molecule has 1 fully saturated rings. The topological polar surface area (TPSA) is 41.6 Å². The van der Waals surface area contributed by atoms with Gasteiger partial charge in [0, 0.05) is 19.6 Å². The van der Waals surface area contributed by atoms with Crippen molar-refractivity contribution in [2.75, 3.05) is 14.1 Å². The summed E-state index contributed by atoms with van der Waals surface area (Å²) in [5.74, 6) is 0.657. The molecule has 0 radical (unpaired) electrons. The lowest BCUT2D eigenvalue weighted by atomic mass is 9.82. The molecular weight excluding hydrogens is 162 g/mol. The highest BCUT2D eigenvalue weighted by Gasteiger charge is 2.31. The maximum Gasteiger partial charge on any atom is 0.191 e. The number of hydrogen-bond donors (Lipinski definition) is 1. The molecule has 0 spiro atoms. The van der Waals surface area contributed by atoms with Crippen molar-refractivity contribution in [2.45, 2.75) is 44.6 Å². The Hall–Kier alpha value is -0.730. The van der Waals surface area contributed by atoms with E-state index in [4.69, 9.17) is 5.73 Å². The monoisotopic (exact) mass is 183 g/mol. The summed E-state index contributed by atoms with van der Waals surface area (Å²) in [7, 11) is 3.80. The zero-order valence-corrected chi connectivity index (χ0v) is 9.01. The van der Waals surface area contributed by atoms with E-state index in [-0.39, 0.29) is 5.54 Å². The summed E-state index contributed by atoms with van der Waals surface area (Å²) in [5.41, 5.74) is 6.05. The molecule has 3 heteroatoms. The van der Waals surface area contributed by atoms with Crippen LogP contribution in [0.15, 0.2) is 4.99 Å². The second-order valence-electron chi connectivity index (χ2n) is 4.20. The maximum absolute atomic E-state index is 5.81. The fourth-order valence-corrected chi connectivity index (χ4v) is 2.08. The van der Waals surface area contributed by atoms with Gasteiger partial charge in [0.1, 0.15) is 0 Å². The minimum absolute atomic E-state index is 0.238. The lowest BCUT2D eigenvalue weighted by Gasteiger charge is -2.42. The van der Waals surface area contributed by atoms with Gasteiger partial charge in [0.15, 0.2) is 5.96 Å². The van der Waals surface area contributed by atoms with Gasteiger partial charge in [-0.15, -0.1) is 0 Å². The number of hydrogen-bond acceptors (Lipinski definition) is 1. The maximum atomic E-state index is 5.81. The van der Waals surface area contributed by atoms with E-state index in [0.717, 1.165) is 0 Å². The van der Waals surface area contributed by atoms with Crippen LogP contribution in [-0.4, -0.2) is 30.5 Å². The first-order valence-electron chi connectivity index (χ1n) is 5.06. The summed E-state index contributed by atoms with van der Waals surface area (Å²) in [5, 5.41) is 0. The molecule has 0 aromatic heterocycles. The van der Waals surface area contributed by atoms with Crippen molar-refractivity contribution in [3.63, 3.8) is 0 Å². The Labute approximate surface area is 81.0 Å². The second kappa shape index (κ2) is 3.99. The van der Waals surface area contributed by atoms with Gasteiger partial charge in [0.2, 0.25) is 0 Å². The Morgan fingerprint density at radius 3 is 2.31 bits per heavy atom. The summed E-state index contributed by atoms with van der Waals surface area (Å²) in [6.07, 6.45) is 6.47. The molecule has 0 unspecified atom stereocenters. The van der Waals surface area contributed by atoms with E-state index < -0.39 is 0 Å². The van der Waals surface area contributed by atoms with Crippen molar-refractivity contribution >= 4 is 5.96 Å². The highest BCUT2D eigenvalue weighted by Crippen LogP contribution is 2.31. The van der Waals surface area contributed by atoms with Gasteiger partial charge in [0.05, 0.1) is 0 Å². The minimum atomic E-state index is 0.238. The predicted molar refractivity (Wildman–Crippen MR) is 56.8 cm³/mol. The zero-order valence-electron chi connectivity index (χ0n) is 9.01.